The van der Waals surface area contributed by atoms with Gasteiger partial charge in [-0.05, 0) is 34.7 Å². The van der Waals surface area contributed by atoms with Crippen molar-refractivity contribution in [3.63, 3.8) is 0 Å². The lowest BCUT2D eigenvalue weighted by molar-refractivity contribution is 0.0976. The summed E-state index contributed by atoms with van der Waals surface area (Å²) in [5.74, 6) is -0.249. The van der Waals surface area contributed by atoms with Crippen LogP contribution in [-0.2, 0) is 0 Å². The number of hydrogen-bond acceptors (Lipinski definition) is 1. The molecular formula is C10H8BrF2IO. The third kappa shape index (κ3) is 3.48. The standard InChI is InChI=1S/C10H8BrF2IO/c11-4-3-9(15)8-5-6(14)1-2-7(8)10(12)13/h1-2,5,10H,3-4H2. The predicted molar refractivity (Wildman–Crippen MR) is 66.9 cm³/mol. The number of carbonyl (C=O) groups is 1. The average Bonchev–Trinajstić information content (AvgIpc) is 2.17. The minimum atomic E-state index is -2.60. The van der Waals surface area contributed by atoms with E-state index in [1.54, 1.807) is 6.07 Å². The van der Waals surface area contributed by atoms with Crippen LogP contribution in [-0.4, -0.2) is 11.1 Å². The van der Waals surface area contributed by atoms with E-state index in [1.165, 1.54) is 12.1 Å². The molecule has 15 heavy (non-hydrogen) atoms. The van der Waals surface area contributed by atoms with Gasteiger partial charge in [0.2, 0.25) is 0 Å². The summed E-state index contributed by atoms with van der Waals surface area (Å²) in [5, 5.41) is 0.486. The maximum atomic E-state index is 12.6. The van der Waals surface area contributed by atoms with Crippen LogP contribution in [0.15, 0.2) is 18.2 Å². The van der Waals surface area contributed by atoms with Gasteiger partial charge in [-0.25, -0.2) is 8.78 Å². The van der Waals surface area contributed by atoms with Crippen LogP contribution in [0, 0.1) is 3.57 Å². The molecule has 0 bridgehead atoms. The first-order valence-corrected chi connectivity index (χ1v) is 6.43. The fourth-order valence-corrected chi connectivity index (χ4v) is 2.03. The Morgan fingerprint density at radius 1 is 1.47 bits per heavy atom. The zero-order chi connectivity index (χ0) is 11.4. The molecule has 0 radical (unpaired) electrons. The van der Waals surface area contributed by atoms with Gasteiger partial charge in [-0.15, -0.1) is 0 Å². The van der Waals surface area contributed by atoms with E-state index in [2.05, 4.69) is 15.9 Å². The molecule has 0 aromatic heterocycles. The number of halogens is 4. The van der Waals surface area contributed by atoms with Gasteiger partial charge in [0.1, 0.15) is 0 Å². The van der Waals surface area contributed by atoms with Gasteiger partial charge in [0.25, 0.3) is 6.43 Å². The lowest BCUT2D eigenvalue weighted by Crippen LogP contribution is -2.05. The van der Waals surface area contributed by atoms with Gasteiger partial charge in [0.15, 0.2) is 5.78 Å². The first-order chi connectivity index (χ1) is 7.06. The zero-order valence-corrected chi connectivity index (χ0v) is 11.4. The van der Waals surface area contributed by atoms with Crippen molar-refractivity contribution in [1.82, 2.24) is 0 Å². The van der Waals surface area contributed by atoms with Crippen LogP contribution in [0.2, 0.25) is 0 Å². The van der Waals surface area contributed by atoms with E-state index in [1.807, 2.05) is 22.6 Å². The van der Waals surface area contributed by atoms with Gasteiger partial charge in [0, 0.05) is 26.4 Å². The van der Waals surface area contributed by atoms with Crippen molar-refractivity contribution in [2.75, 3.05) is 5.33 Å². The van der Waals surface area contributed by atoms with E-state index in [0.717, 1.165) is 3.57 Å². The second-order valence-corrected chi connectivity index (χ2v) is 4.93. The fraction of sp³-hybridized carbons (Fsp3) is 0.300. The Kier molecular flexibility index (Phi) is 5.11. The highest BCUT2D eigenvalue weighted by molar-refractivity contribution is 14.1. The summed E-state index contributed by atoms with van der Waals surface area (Å²) >= 11 is 5.12. The smallest absolute Gasteiger partial charge is 0.264 e. The Bertz CT molecular complexity index is 368. The molecule has 0 aliphatic rings. The number of carbonyl (C=O) groups excluding carboxylic acids is 1. The SMILES string of the molecule is O=C(CCBr)c1cc(I)ccc1C(F)F. The van der Waals surface area contributed by atoms with Crippen LogP contribution >= 0.6 is 38.5 Å². The largest absolute Gasteiger partial charge is 0.294 e. The highest BCUT2D eigenvalue weighted by atomic mass is 127. The molecule has 0 spiro atoms. The molecule has 0 saturated carbocycles. The number of ketones is 1. The minimum Gasteiger partial charge on any atom is -0.294 e. The second kappa shape index (κ2) is 5.89. The Morgan fingerprint density at radius 2 is 2.13 bits per heavy atom. The third-order valence-electron chi connectivity index (χ3n) is 1.87. The molecule has 0 heterocycles. The van der Waals surface area contributed by atoms with Crippen LogP contribution in [0.3, 0.4) is 0 Å². The molecule has 5 heteroatoms. The Hall–Kier alpha value is -0.0400. The number of benzene rings is 1. The quantitative estimate of drug-likeness (QED) is 0.429. The van der Waals surface area contributed by atoms with Crippen LogP contribution in [0.1, 0.15) is 28.8 Å². The summed E-state index contributed by atoms with van der Waals surface area (Å²) in [6.45, 7) is 0. The summed E-state index contributed by atoms with van der Waals surface area (Å²) in [6.07, 6.45) is -2.36. The highest BCUT2D eigenvalue weighted by Gasteiger charge is 2.17. The van der Waals surface area contributed by atoms with Gasteiger partial charge in [0.05, 0.1) is 0 Å². The van der Waals surface area contributed by atoms with Crippen LogP contribution in [0.4, 0.5) is 8.78 Å². The van der Waals surface area contributed by atoms with Gasteiger partial charge < -0.3 is 0 Å². The van der Waals surface area contributed by atoms with Crippen LogP contribution in [0.5, 0.6) is 0 Å². The maximum Gasteiger partial charge on any atom is 0.264 e. The molecule has 1 aromatic rings. The first-order valence-electron chi connectivity index (χ1n) is 4.23. The van der Waals surface area contributed by atoms with E-state index in [4.69, 9.17) is 0 Å². The zero-order valence-electron chi connectivity index (χ0n) is 7.64. The average molecular weight is 389 g/mol. The van der Waals surface area contributed by atoms with E-state index < -0.39 is 6.43 Å². The molecule has 1 nitrogen and oxygen atoms in total. The summed E-state index contributed by atoms with van der Waals surface area (Å²) in [5.41, 5.74) is -0.0438. The van der Waals surface area contributed by atoms with Crippen molar-refractivity contribution in [2.45, 2.75) is 12.8 Å². The molecule has 0 saturated heterocycles. The molecule has 0 unspecified atom stereocenters. The molecule has 0 amide bonds. The number of rotatable bonds is 4. The predicted octanol–water partition coefficient (Wildman–Crippen LogP) is 4.20. The lowest BCUT2D eigenvalue weighted by Gasteiger charge is -2.07. The highest BCUT2D eigenvalue weighted by Crippen LogP contribution is 2.25. The van der Waals surface area contributed by atoms with Gasteiger partial charge in [-0.1, -0.05) is 22.0 Å². The summed E-state index contributed by atoms with van der Waals surface area (Å²) in [4.78, 5) is 11.6. The number of Topliss-reactive ketones (excluding diaryl/α,β-unsaturated/α-hetero) is 1. The fourth-order valence-electron chi connectivity index (χ4n) is 1.18. The van der Waals surface area contributed by atoms with Crippen molar-refractivity contribution in [2.24, 2.45) is 0 Å². The summed E-state index contributed by atoms with van der Waals surface area (Å²) in [6, 6.07) is 4.40. The Balaban J connectivity index is 3.12. The molecule has 82 valence electrons. The second-order valence-electron chi connectivity index (χ2n) is 2.89. The van der Waals surface area contributed by atoms with Gasteiger partial charge in [-0.2, -0.15) is 0 Å². The molecule has 0 aliphatic heterocycles. The van der Waals surface area contributed by atoms with E-state index >= 15 is 0 Å². The first kappa shape index (κ1) is 13.0. The molecule has 0 atom stereocenters. The minimum absolute atomic E-state index is 0.136. The van der Waals surface area contributed by atoms with Crippen molar-refractivity contribution in [1.29, 1.82) is 0 Å². The normalized spacial score (nSPS) is 10.7. The van der Waals surface area contributed by atoms with E-state index in [0.29, 0.717) is 5.33 Å². The Morgan fingerprint density at radius 3 is 2.67 bits per heavy atom. The van der Waals surface area contributed by atoms with Crippen LogP contribution in [0.25, 0.3) is 0 Å². The monoisotopic (exact) mass is 388 g/mol. The van der Waals surface area contributed by atoms with Gasteiger partial charge >= 0.3 is 0 Å². The van der Waals surface area contributed by atoms with Crippen molar-refractivity contribution in [3.05, 3.63) is 32.9 Å². The summed E-state index contributed by atoms with van der Waals surface area (Å²) in [7, 11) is 0. The summed E-state index contributed by atoms with van der Waals surface area (Å²) < 4.78 is 26.0. The number of hydrogen-bond donors (Lipinski definition) is 0. The number of alkyl halides is 3. The maximum absolute atomic E-state index is 12.6. The lowest BCUT2D eigenvalue weighted by atomic mass is 10.0. The molecule has 0 N–H and O–H groups in total. The van der Waals surface area contributed by atoms with Crippen molar-refractivity contribution >= 4 is 44.3 Å². The van der Waals surface area contributed by atoms with Crippen molar-refractivity contribution < 1.29 is 13.6 Å². The topological polar surface area (TPSA) is 17.1 Å². The third-order valence-corrected chi connectivity index (χ3v) is 2.94. The Labute approximate surface area is 109 Å². The van der Waals surface area contributed by atoms with Gasteiger partial charge in [-0.3, -0.25) is 4.79 Å². The van der Waals surface area contributed by atoms with Crippen molar-refractivity contribution in [3.8, 4) is 0 Å². The van der Waals surface area contributed by atoms with E-state index in [-0.39, 0.29) is 23.3 Å². The molecular weight excluding hydrogens is 381 g/mol. The molecule has 1 aromatic carbocycles. The van der Waals surface area contributed by atoms with Crippen LogP contribution < -0.4 is 0 Å². The van der Waals surface area contributed by atoms with E-state index in [9.17, 15) is 13.6 Å². The molecule has 1 rings (SSSR count). The molecule has 0 fully saturated rings. The molecule has 0 aliphatic carbocycles.